The van der Waals surface area contributed by atoms with Crippen LogP contribution in [0.4, 0.5) is 9.59 Å². The number of carbonyl (C=O) groups excluding carboxylic acids is 2. The van der Waals surface area contributed by atoms with Gasteiger partial charge in [-0.25, -0.2) is 14.7 Å². The molecule has 3 amide bonds. The van der Waals surface area contributed by atoms with E-state index in [1.807, 2.05) is 20.8 Å². The average molecular weight is 393 g/mol. The second-order valence-corrected chi connectivity index (χ2v) is 8.95. The fourth-order valence-electron chi connectivity index (χ4n) is 4.13. The first kappa shape index (κ1) is 19.0. The largest absolute Gasteiger partial charge is 0.444 e. The molecule has 10 heteroatoms. The highest BCUT2D eigenvalue weighted by Crippen LogP contribution is 2.37. The third-order valence-corrected chi connectivity index (χ3v) is 5.53. The quantitative estimate of drug-likeness (QED) is 0.753. The van der Waals surface area contributed by atoms with E-state index in [9.17, 15) is 14.8 Å². The number of carbonyl (C=O) groups is 2. The first-order valence-corrected chi connectivity index (χ1v) is 9.80. The Morgan fingerprint density at radius 3 is 2.79 bits per heavy atom. The van der Waals surface area contributed by atoms with Crippen LogP contribution < -0.4 is 5.32 Å². The van der Waals surface area contributed by atoms with Gasteiger partial charge in [-0.15, -0.1) is 10.2 Å². The van der Waals surface area contributed by atoms with E-state index in [-0.39, 0.29) is 24.2 Å². The molecule has 154 valence electrons. The number of urea groups is 1. The lowest BCUT2D eigenvalue weighted by Crippen LogP contribution is -2.46. The number of hydrogen-bond acceptors (Lipinski definition) is 7. The Bertz CT molecular complexity index is 754. The van der Waals surface area contributed by atoms with Crippen molar-refractivity contribution < 1.29 is 24.0 Å². The van der Waals surface area contributed by atoms with Gasteiger partial charge in [0.05, 0.1) is 6.04 Å². The first-order valence-electron chi connectivity index (χ1n) is 9.80. The zero-order chi connectivity index (χ0) is 20.1. The van der Waals surface area contributed by atoms with Crippen LogP contribution in [0.15, 0.2) is 4.42 Å². The number of amides is 3. The topological polar surface area (TPSA) is 121 Å². The average Bonchev–Trinajstić information content (AvgIpc) is 3.12. The fourth-order valence-corrected chi connectivity index (χ4v) is 4.13. The molecule has 2 aliphatic heterocycles. The number of nitrogens with one attached hydrogen (secondary N) is 1. The number of nitrogens with zero attached hydrogens (tertiary/aromatic N) is 4. The summed E-state index contributed by atoms with van der Waals surface area (Å²) in [6.07, 6.45) is 3.34. The molecule has 0 unspecified atom stereocenters. The van der Waals surface area contributed by atoms with Crippen molar-refractivity contribution in [2.24, 2.45) is 5.92 Å². The van der Waals surface area contributed by atoms with Crippen LogP contribution in [0.25, 0.3) is 0 Å². The summed E-state index contributed by atoms with van der Waals surface area (Å²) in [5.74, 6) is 1.34. The standard InChI is InChI=1S/C18H27N5O5/c1-18(2,3)28-16(24)19-11-6-10(7-11)8-14-20-21-15(27-14)13-5-4-12-9-22(13)17(25)23(12)26/h10-13,26H,4-9H2,1-3H3,(H,19,24)/t10?,11?,12-,13-/m0/s1. The summed E-state index contributed by atoms with van der Waals surface area (Å²) in [6, 6.07) is -0.710. The third-order valence-electron chi connectivity index (χ3n) is 5.53. The van der Waals surface area contributed by atoms with E-state index in [1.54, 1.807) is 4.90 Å². The molecule has 10 nitrogen and oxygen atoms in total. The van der Waals surface area contributed by atoms with Gasteiger partial charge in [0.25, 0.3) is 0 Å². The zero-order valence-corrected chi connectivity index (χ0v) is 16.4. The Morgan fingerprint density at radius 2 is 2.07 bits per heavy atom. The highest BCUT2D eigenvalue weighted by Gasteiger charge is 2.46. The van der Waals surface area contributed by atoms with Crippen molar-refractivity contribution in [2.75, 3.05) is 6.54 Å². The van der Waals surface area contributed by atoms with Gasteiger partial charge < -0.3 is 19.4 Å². The van der Waals surface area contributed by atoms with E-state index in [2.05, 4.69) is 15.5 Å². The van der Waals surface area contributed by atoms with Gasteiger partial charge in [-0.3, -0.25) is 5.21 Å². The summed E-state index contributed by atoms with van der Waals surface area (Å²) in [6.45, 7) is 6.00. The molecule has 2 saturated heterocycles. The maximum Gasteiger partial charge on any atom is 0.407 e. The van der Waals surface area contributed by atoms with Crippen molar-refractivity contribution in [3.8, 4) is 0 Å². The number of piperidine rings is 1. The van der Waals surface area contributed by atoms with Crippen molar-refractivity contribution >= 4 is 12.1 Å². The van der Waals surface area contributed by atoms with E-state index < -0.39 is 11.6 Å². The number of ether oxygens (including phenoxy) is 1. The Morgan fingerprint density at radius 1 is 1.32 bits per heavy atom. The Hall–Kier alpha value is -2.36. The summed E-state index contributed by atoms with van der Waals surface area (Å²) in [5.41, 5.74) is -0.504. The van der Waals surface area contributed by atoms with Gasteiger partial charge in [0.15, 0.2) is 0 Å². The number of hydroxylamine groups is 2. The van der Waals surface area contributed by atoms with Crippen molar-refractivity contribution in [3.63, 3.8) is 0 Å². The molecular formula is C18H27N5O5. The van der Waals surface area contributed by atoms with Crippen LogP contribution in [0.1, 0.15) is 64.3 Å². The molecular weight excluding hydrogens is 366 g/mol. The second kappa shape index (κ2) is 6.91. The second-order valence-electron chi connectivity index (χ2n) is 8.95. The zero-order valence-electron chi connectivity index (χ0n) is 16.4. The number of aromatic nitrogens is 2. The number of alkyl carbamates (subject to hydrolysis) is 1. The van der Waals surface area contributed by atoms with E-state index in [4.69, 9.17) is 9.15 Å². The first-order chi connectivity index (χ1) is 13.2. The molecule has 1 aromatic rings. The predicted octanol–water partition coefficient (Wildman–Crippen LogP) is 2.25. The van der Waals surface area contributed by atoms with Crippen molar-refractivity contribution in [1.29, 1.82) is 0 Å². The molecule has 0 aromatic carbocycles. The normalized spacial score (nSPS) is 29.6. The maximum absolute atomic E-state index is 12.1. The van der Waals surface area contributed by atoms with Crippen LogP contribution in [-0.2, 0) is 11.2 Å². The van der Waals surface area contributed by atoms with Gasteiger partial charge in [-0.05, 0) is 52.4 Å². The molecule has 2 N–H and O–H groups in total. The molecule has 1 aliphatic carbocycles. The SMILES string of the molecule is CC(C)(C)OC(=O)NC1CC(Cc2nnc([C@@H]3CC[C@H]4CN3C(=O)N4O)o2)C1. The Kier molecular flexibility index (Phi) is 4.68. The summed E-state index contributed by atoms with van der Waals surface area (Å²) < 4.78 is 11.1. The highest BCUT2D eigenvalue weighted by atomic mass is 16.6. The molecule has 0 spiro atoms. The molecule has 28 heavy (non-hydrogen) atoms. The smallest absolute Gasteiger partial charge is 0.407 e. The van der Waals surface area contributed by atoms with Crippen molar-refractivity contribution in [2.45, 2.75) is 76.6 Å². The Balaban J connectivity index is 1.26. The van der Waals surface area contributed by atoms with E-state index in [0.29, 0.717) is 43.5 Å². The summed E-state index contributed by atoms with van der Waals surface area (Å²) >= 11 is 0. The lowest BCUT2D eigenvalue weighted by molar-refractivity contribution is -0.0584. The molecule has 1 aromatic heterocycles. The number of fused-ring (bicyclic) bond motifs is 2. The van der Waals surface area contributed by atoms with Gasteiger partial charge in [0.2, 0.25) is 11.8 Å². The van der Waals surface area contributed by atoms with E-state index in [0.717, 1.165) is 17.9 Å². The van der Waals surface area contributed by atoms with Gasteiger partial charge in [0, 0.05) is 19.0 Å². The van der Waals surface area contributed by atoms with Crippen LogP contribution in [-0.4, -0.2) is 61.7 Å². The lowest BCUT2D eigenvalue weighted by Gasteiger charge is -2.35. The van der Waals surface area contributed by atoms with Gasteiger partial charge >= 0.3 is 12.1 Å². The molecule has 1 saturated carbocycles. The van der Waals surface area contributed by atoms with Gasteiger partial charge in [0.1, 0.15) is 11.6 Å². The Labute approximate surface area is 163 Å². The number of rotatable bonds is 4. The summed E-state index contributed by atoms with van der Waals surface area (Å²) in [4.78, 5) is 25.5. The molecule has 2 bridgehead atoms. The fraction of sp³-hybridized carbons (Fsp3) is 0.778. The lowest BCUT2D eigenvalue weighted by atomic mass is 9.78. The monoisotopic (exact) mass is 393 g/mol. The maximum atomic E-state index is 12.1. The van der Waals surface area contributed by atoms with Crippen LogP contribution in [0, 0.1) is 5.92 Å². The summed E-state index contributed by atoms with van der Waals surface area (Å²) in [7, 11) is 0. The van der Waals surface area contributed by atoms with Crippen molar-refractivity contribution in [3.05, 3.63) is 11.8 Å². The highest BCUT2D eigenvalue weighted by molar-refractivity contribution is 5.76. The molecule has 0 radical (unpaired) electrons. The molecule has 3 aliphatic rings. The molecule has 4 rings (SSSR count). The third kappa shape index (κ3) is 3.78. The van der Waals surface area contributed by atoms with Gasteiger partial charge in [-0.1, -0.05) is 0 Å². The molecule has 2 atom stereocenters. The van der Waals surface area contributed by atoms with E-state index >= 15 is 0 Å². The van der Waals surface area contributed by atoms with Crippen LogP contribution in [0.5, 0.6) is 0 Å². The minimum atomic E-state index is -0.504. The van der Waals surface area contributed by atoms with Gasteiger partial charge in [-0.2, -0.15) is 0 Å². The molecule has 3 fully saturated rings. The minimum absolute atomic E-state index is 0.107. The van der Waals surface area contributed by atoms with Crippen molar-refractivity contribution in [1.82, 2.24) is 25.5 Å². The van der Waals surface area contributed by atoms with Crippen LogP contribution >= 0.6 is 0 Å². The molecule has 3 heterocycles. The number of hydrogen-bond donors (Lipinski definition) is 2. The van der Waals surface area contributed by atoms with Crippen LogP contribution in [0.3, 0.4) is 0 Å². The van der Waals surface area contributed by atoms with E-state index in [1.165, 1.54) is 0 Å². The summed E-state index contributed by atoms with van der Waals surface area (Å²) in [5, 5.41) is 21.7. The minimum Gasteiger partial charge on any atom is -0.444 e. The predicted molar refractivity (Wildman–Crippen MR) is 95.4 cm³/mol. The van der Waals surface area contributed by atoms with Crippen LogP contribution in [0.2, 0.25) is 0 Å².